The Kier molecular flexibility index (Phi) is 6.85. The zero-order valence-electron chi connectivity index (χ0n) is 16.4. The molecule has 1 saturated heterocycles. The van der Waals surface area contributed by atoms with Crippen molar-refractivity contribution in [1.82, 2.24) is 10.1 Å². The van der Waals surface area contributed by atoms with Crippen LogP contribution in [0.2, 0.25) is 0 Å². The maximum atomic E-state index is 5.67. The van der Waals surface area contributed by atoms with E-state index >= 15 is 0 Å². The molecule has 27 heavy (non-hydrogen) atoms. The highest BCUT2D eigenvalue weighted by Gasteiger charge is 2.29. The molecule has 0 spiro atoms. The predicted octanol–water partition coefficient (Wildman–Crippen LogP) is 3.41. The molecule has 1 aromatic heterocycles. The predicted molar refractivity (Wildman–Crippen MR) is 108 cm³/mol. The highest BCUT2D eigenvalue weighted by Crippen LogP contribution is 2.26. The Morgan fingerprint density at radius 1 is 1.11 bits per heavy atom. The molecule has 0 unspecified atom stereocenters. The fourth-order valence-corrected chi connectivity index (χ4v) is 3.64. The summed E-state index contributed by atoms with van der Waals surface area (Å²) in [5.74, 6) is 1.88. The number of nitrogens with two attached hydrogens (primary N) is 2. The number of hydrogen-bond donors (Lipinski definition) is 2. The van der Waals surface area contributed by atoms with Gasteiger partial charge in [0.1, 0.15) is 0 Å². The molecule has 0 bridgehead atoms. The minimum Gasteiger partial charge on any atom is -0.339 e. The Balaban J connectivity index is 1.52. The molecule has 1 fully saturated rings. The van der Waals surface area contributed by atoms with Crippen molar-refractivity contribution in [2.45, 2.75) is 64.2 Å². The molecule has 4 N–H and O–H groups in total. The zero-order valence-corrected chi connectivity index (χ0v) is 16.4. The van der Waals surface area contributed by atoms with Gasteiger partial charge in [-0.3, -0.25) is 16.0 Å². The van der Waals surface area contributed by atoms with Gasteiger partial charge in [0.25, 0.3) is 0 Å². The van der Waals surface area contributed by atoms with Crippen molar-refractivity contribution in [3.63, 3.8) is 0 Å². The lowest BCUT2D eigenvalue weighted by Gasteiger charge is -2.03. The summed E-state index contributed by atoms with van der Waals surface area (Å²) in [6.45, 7) is 3.82. The van der Waals surface area contributed by atoms with E-state index in [-0.39, 0.29) is 5.92 Å². The lowest BCUT2D eigenvalue weighted by molar-refractivity contribution is -0.509. The molecule has 1 aromatic carbocycles. The van der Waals surface area contributed by atoms with Gasteiger partial charge in [0.15, 0.2) is 0 Å². The van der Waals surface area contributed by atoms with Crippen molar-refractivity contribution < 1.29 is 9.10 Å². The number of guanidine groups is 1. The third-order valence-electron chi connectivity index (χ3n) is 5.38. The number of hydrogen-bond acceptors (Lipinski definition) is 3. The van der Waals surface area contributed by atoms with Crippen molar-refractivity contribution in [2.75, 3.05) is 13.1 Å². The third kappa shape index (κ3) is 5.31. The minimum absolute atomic E-state index is 0.195. The summed E-state index contributed by atoms with van der Waals surface area (Å²) < 4.78 is 7.44. The molecule has 146 valence electrons. The second-order valence-electron chi connectivity index (χ2n) is 7.53. The summed E-state index contributed by atoms with van der Waals surface area (Å²) >= 11 is 0. The Bertz CT molecular complexity index is 746. The summed E-state index contributed by atoms with van der Waals surface area (Å²) in [7, 11) is 0. The summed E-state index contributed by atoms with van der Waals surface area (Å²) in [6, 6.07) is 8.54. The van der Waals surface area contributed by atoms with Crippen molar-refractivity contribution in [3.05, 3.63) is 35.7 Å². The van der Waals surface area contributed by atoms with Crippen LogP contribution in [0.5, 0.6) is 0 Å². The van der Waals surface area contributed by atoms with E-state index < -0.39 is 0 Å². The largest absolute Gasteiger partial charge is 0.341 e. The van der Waals surface area contributed by atoms with Gasteiger partial charge in [0.2, 0.25) is 11.7 Å². The van der Waals surface area contributed by atoms with E-state index in [1.807, 2.05) is 4.58 Å². The number of aromatic nitrogens is 2. The first-order valence-electron chi connectivity index (χ1n) is 10.2. The fourth-order valence-electron chi connectivity index (χ4n) is 3.64. The second-order valence-corrected chi connectivity index (χ2v) is 7.53. The molecule has 6 heteroatoms. The Labute approximate surface area is 161 Å². The van der Waals surface area contributed by atoms with Gasteiger partial charge >= 0.3 is 5.96 Å². The van der Waals surface area contributed by atoms with Crippen LogP contribution in [0.1, 0.15) is 69.2 Å². The summed E-state index contributed by atoms with van der Waals surface area (Å²) in [5.41, 5.74) is 13.7. The normalized spacial score (nSPS) is 16.8. The van der Waals surface area contributed by atoms with Gasteiger partial charge in [0, 0.05) is 5.56 Å². The number of unbranched alkanes of at least 4 members (excludes halogenated alkanes) is 5. The first-order chi connectivity index (χ1) is 13.2. The van der Waals surface area contributed by atoms with Crippen LogP contribution in [-0.2, 0) is 6.42 Å². The molecule has 0 radical (unpaired) electrons. The van der Waals surface area contributed by atoms with Gasteiger partial charge in [-0.25, -0.2) is 0 Å². The van der Waals surface area contributed by atoms with Crippen molar-refractivity contribution >= 4 is 5.96 Å². The van der Waals surface area contributed by atoms with Crippen molar-refractivity contribution in [1.29, 1.82) is 0 Å². The van der Waals surface area contributed by atoms with Crippen LogP contribution in [-0.4, -0.2) is 33.8 Å². The van der Waals surface area contributed by atoms with Crippen LogP contribution >= 0.6 is 0 Å². The van der Waals surface area contributed by atoms with Crippen LogP contribution in [0.15, 0.2) is 28.8 Å². The molecule has 0 amide bonds. The molecule has 6 nitrogen and oxygen atoms in total. The average Bonchev–Trinajstić information content (AvgIpc) is 3.34. The van der Waals surface area contributed by atoms with E-state index in [9.17, 15) is 0 Å². The van der Waals surface area contributed by atoms with Gasteiger partial charge in [-0.2, -0.15) is 4.98 Å². The number of nitrogens with zero attached hydrogens (tertiary/aromatic N) is 3. The maximum absolute atomic E-state index is 5.67. The molecule has 1 atom stereocenters. The first kappa shape index (κ1) is 19.4. The van der Waals surface area contributed by atoms with Crippen LogP contribution in [0, 0.1) is 0 Å². The van der Waals surface area contributed by atoms with E-state index in [0.29, 0.717) is 17.7 Å². The van der Waals surface area contributed by atoms with Crippen LogP contribution in [0.4, 0.5) is 0 Å². The third-order valence-corrected chi connectivity index (χ3v) is 5.38. The van der Waals surface area contributed by atoms with Crippen LogP contribution in [0.3, 0.4) is 0 Å². The van der Waals surface area contributed by atoms with E-state index in [1.165, 1.54) is 44.1 Å². The Morgan fingerprint density at radius 2 is 1.85 bits per heavy atom. The molecular formula is C21H32N5O+. The molecule has 3 rings (SSSR count). The smallest absolute Gasteiger partial charge is 0.339 e. The van der Waals surface area contributed by atoms with Crippen molar-refractivity contribution in [2.24, 2.45) is 11.5 Å². The standard InChI is InChI=1S/C21H31N5O/c1-2-3-4-5-6-7-8-16-9-11-17(12-10-16)19-24-20(27-25-19)18-13-14-26(15-18)21(22)23/h9-12,18H,2-8,13-15H2,1H3,(H3,22,23)/p+1/t18-/m1/s1. The molecule has 2 heterocycles. The molecule has 2 aromatic rings. The SMILES string of the molecule is CCCCCCCCc1ccc(-c2noc([C@@H]3CC[N+](=C(N)N)C3)n2)cc1. The summed E-state index contributed by atoms with van der Waals surface area (Å²) in [6.07, 6.45) is 10.0. The van der Waals surface area contributed by atoms with Gasteiger partial charge in [-0.05, 0) is 24.8 Å². The van der Waals surface area contributed by atoms with Gasteiger partial charge in [-0.1, -0.05) is 68.4 Å². The lowest BCUT2D eigenvalue weighted by atomic mass is 10.0. The van der Waals surface area contributed by atoms with Crippen LogP contribution in [0.25, 0.3) is 11.4 Å². The van der Waals surface area contributed by atoms with E-state index in [4.69, 9.17) is 16.0 Å². The first-order valence-corrected chi connectivity index (χ1v) is 10.2. The average molecular weight is 371 g/mol. The molecule has 1 aliphatic rings. The Morgan fingerprint density at radius 3 is 2.56 bits per heavy atom. The quantitative estimate of drug-likeness (QED) is 0.401. The maximum Gasteiger partial charge on any atom is 0.341 e. The molecule has 0 saturated carbocycles. The van der Waals surface area contributed by atoms with Crippen molar-refractivity contribution in [3.8, 4) is 11.4 Å². The highest BCUT2D eigenvalue weighted by atomic mass is 16.5. The van der Waals surface area contributed by atoms with Gasteiger partial charge in [0.05, 0.1) is 19.0 Å². The molecular weight excluding hydrogens is 338 g/mol. The molecule has 0 aliphatic carbocycles. The van der Waals surface area contributed by atoms with E-state index in [2.05, 4.69) is 41.3 Å². The topological polar surface area (TPSA) is 94.0 Å². The van der Waals surface area contributed by atoms with E-state index in [1.54, 1.807) is 0 Å². The Hall–Kier alpha value is -2.37. The monoisotopic (exact) mass is 370 g/mol. The number of benzene rings is 1. The summed E-state index contributed by atoms with van der Waals surface area (Å²) in [5, 5.41) is 4.16. The number of aryl methyl sites for hydroxylation is 1. The fraction of sp³-hybridized carbons (Fsp3) is 0.571. The van der Waals surface area contributed by atoms with E-state index in [0.717, 1.165) is 31.5 Å². The lowest BCUT2D eigenvalue weighted by Crippen LogP contribution is -2.34. The van der Waals surface area contributed by atoms with Crippen LogP contribution < -0.4 is 11.5 Å². The van der Waals surface area contributed by atoms with Gasteiger partial charge < -0.3 is 4.52 Å². The zero-order chi connectivity index (χ0) is 19.1. The highest BCUT2D eigenvalue weighted by molar-refractivity contribution is 5.70. The molecule has 1 aliphatic heterocycles. The minimum atomic E-state index is 0.195. The summed E-state index contributed by atoms with van der Waals surface area (Å²) in [4.78, 5) is 4.59. The second kappa shape index (κ2) is 9.53. The van der Waals surface area contributed by atoms with Gasteiger partial charge in [-0.15, -0.1) is 0 Å². The number of rotatable bonds is 9.